The monoisotopic (exact) mass is 390 g/mol. The number of halogens is 2. The third kappa shape index (κ3) is 6.00. The number of ether oxygens (including phenoxy) is 1. The summed E-state index contributed by atoms with van der Waals surface area (Å²) < 4.78 is 31.6. The van der Waals surface area contributed by atoms with Crippen LogP contribution in [0.15, 0.2) is 48.5 Å². The molecule has 2 N–H and O–H groups in total. The van der Waals surface area contributed by atoms with Crippen molar-refractivity contribution in [2.45, 2.75) is 25.0 Å². The van der Waals surface area contributed by atoms with Crippen LogP contribution < -0.4 is 10.1 Å². The van der Waals surface area contributed by atoms with E-state index in [1.807, 2.05) is 4.90 Å². The molecule has 1 fully saturated rings. The number of nitrogens with zero attached hydrogens (tertiary/aromatic N) is 1. The van der Waals surface area contributed by atoms with Gasteiger partial charge in [0.25, 0.3) is 0 Å². The average molecular weight is 390 g/mol. The summed E-state index contributed by atoms with van der Waals surface area (Å²) >= 11 is 0. The van der Waals surface area contributed by atoms with Crippen molar-refractivity contribution in [3.63, 3.8) is 0 Å². The van der Waals surface area contributed by atoms with E-state index in [4.69, 9.17) is 4.74 Å². The van der Waals surface area contributed by atoms with Crippen LogP contribution in [0.4, 0.5) is 8.78 Å². The fourth-order valence-corrected chi connectivity index (χ4v) is 3.13. The first kappa shape index (κ1) is 20.2. The van der Waals surface area contributed by atoms with Gasteiger partial charge in [-0.25, -0.2) is 8.78 Å². The van der Waals surface area contributed by atoms with Crippen LogP contribution in [-0.4, -0.2) is 47.8 Å². The van der Waals surface area contributed by atoms with Crippen molar-refractivity contribution in [2.75, 3.05) is 26.2 Å². The van der Waals surface area contributed by atoms with E-state index in [0.717, 1.165) is 0 Å². The summed E-state index contributed by atoms with van der Waals surface area (Å²) in [6, 6.07) is 11.8. The Morgan fingerprint density at radius 1 is 1.11 bits per heavy atom. The largest absolute Gasteiger partial charge is 0.491 e. The molecule has 1 heterocycles. The number of piperidine rings is 1. The number of benzene rings is 2. The highest BCUT2D eigenvalue weighted by molar-refractivity contribution is 5.78. The summed E-state index contributed by atoms with van der Waals surface area (Å²) in [5.41, 5.74) is -0.262. The van der Waals surface area contributed by atoms with Crippen molar-refractivity contribution in [2.24, 2.45) is 0 Å². The van der Waals surface area contributed by atoms with Crippen molar-refractivity contribution < 1.29 is 23.4 Å². The zero-order valence-corrected chi connectivity index (χ0v) is 15.5. The molecule has 0 saturated carbocycles. The Morgan fingerprint density at radius 3 is 2.50 bits per heavy atom. The van der Waals surface area contributed by atoms with Gasteiger partial charge in [0.1, 0.15) is 29.6 Å². The Hall–Kier alpha value is -2.51. The van der Waals surface area contributed by atoms with Crippen molar-refractivity contribution in [1.82, 2.24) is 10.2 Å². The van der Waals surface area contributed by atoms with Gasteiger partial charge in [0.15, 0.2) is 0 Å². The molecule has 1 amide bonds. The second-order valence-electron chi connectivity index (χ2n) is 7.15. The zero-order chi connectivity index (χ0) is 20.0. The first-order chi connectivity index (χ1) is 13.4. The standard InChI is InChI=1S/C21H24F2N2O3/c22-17-4-6-19(7-5-17)28-15-21(27)8-10-25(11-9-21)14-20(26)24-13-16-2-1-3-18(23)12-16/h1-7,12,27H,8-11,13-15H2,(H,24,26). The van der Waals surface area contributed by atoms with Gasteiger partial charge in [0.05, 0.1) is 6.54 Å². The molecule has 1 saturated heterocycles. The molecule has 1 aliphatic heterocycles. The second-order valence-corrected chi connectivity index (χ2v) is 7.15. The molecule has 0 atom stereocenters. The molecule has 2 aromatic rings. The van der Waals surface area contributed by atoms with Gasteiger partial charge in [0, 0.05) is 19.6 Å². The molecule has 0 unspecified atom stereocenters. The Kier molecular flexibility index (Phi) is 6.59. The van der Waals surface area contributed by atoms with Gasteiger partial charge >= 0.3 is 0 Å². The quantitative estimate of drug-likeness (QED) is 0.763. The summed E-state index contributed by atoms with van der Waals surface area (Å²) in [6.45, 7) is 1.76. The normalized spacial score (nSPS) is 16.5. The Labute approximate surface area is 162 Å². The molecule has 7 heteroatoms. The van der Waals surface area contributed by atoms with Crippen LogP contribution in [0, 0.1) is 11.6 Å². The van der Waals surface area contributed by atoms with E-state index >= 15 is 0 Å². The van der Waals surface area contributed by atoms with Gasteiger partial charge in [-0.15, -0.1) is 0 Å². The summed E-state index contributed by atoms with van der Waals surface area (Å²) in [4.78, 5) is 14.1. The molecule has 0 bridgehead atoms. The lowest BCUT2D eigenvalue weighted by atomic mass is 9.92. The van der Waals surface area contributed by atoms with Crippen molar-refractivity contribution >= 4 is 5.91 Å². The minimum Gasteiger partial charge on any atom is -0.491 e. The maximum atomic E-state index is 13.2. The highest BCUT2D eigenvalue weighted by Gasteiger charge is 2.33. The van der Waals surface area contributed by atoms with Crippen molar-refractivity contribution in [3.8, 4) is 5.75 Å². The average Bonchev–Trinajstić information content (AvgIpc) is 2.68. The van der Waals surface area contributed by atoms with E-state index in [1.165, 1.54) is 36.4 Å². The van der Waals surface area contributed by atoms with Crippen molar-refractivity contribution in [3.05, 3.63) is 65.7 Å². The molecule has 0 aliphatic carbocycles. The molecular formula is C21H24F2N2O3. The molecule has 0 spiro atoms. The van der Waals surface area contributed by atoms with Gasteiger partial charge in [-0.1, -0.05) is 12.1 Å². The van der Waals surface area contributed by atoms with E-state index in [1.54, 1.807) is 12.1 Å². The van der Waals surface area contributed by atoms with E-state index in [-0.39, 0.29) is 37.2 Å². The number of aliphatic hydroxyl groups is 1. The van der Waals surface area contributed by atoms with Crippen LogP contribution in [-0.2, 0) is 11.3 Å². The van der Waals surface area contributed by atoms with Gasteiger partial charge in [0.2, 0.25) is 5.91 Å². The Balaban J connectivity index is 1.39. The highest BCUT2D eigenvalue weighted by atomic mass is 19.1. The summed E-state index contributed by atoms with van der Waals surface area (Å²) in [7, 11) is 0. The maximum Gasteiger partial charge on any atom is 0.234 e. The topological polar surface area (TPSA) is 61.8 Å². The predicted octanol–water partition coefficient (Wildman–Crippen LogP) is 2.49. The van der Waals surface area contributed by atoms with Crippen LogP contribution >= 0.6 is 0 Å². The molecule has 0 aromatic heterocycles. The molecule has 1 aliphatic rings. The molecule has 3 rings (SSSR count). The van der Waals surface area contributed by atoms with Crippen LogP contribution in [0.3, 0.4) is 0 Å². The van der Waals surface area contributed by atoms with Crippen molar-refractivity contribution in [1.29, 1.82) is 0 Å². The number of hydrogen-bond acceptors (Lipinski definition) is 4. The smallest absolute Gasteiger partial charge is 0.234 e. The van der Waals surface area contributed by atoms with Crippen LogP contribution in [0.5, 0.6) is 5.75 Å². The predicted molar refractivity (Wildman–Crippen MR) is 101 cm³/mol. The number of amides is 1. The SMILES string of the molecule is O=C(CN1CCC(O)(COc2ccc(F)cc2)CC1)NCc1cccc(F)c1. The lowest BCUT2D eigenvalue weighted by Gasteiger charge is -2.37. The fraction of sp³-hybridized carbons (Fsp3) is 0.381. The van der Waals surface area contributed by atoms with E-state index < -0.39 is 5.60 Å². The minimum atomic E-state index is -0.969. The van der Waals surface area contributed by atoms with Crippen LogP contribution in [0.25, 0.3) is 0 Å². The van der Waals surface area contributed by atoms with Gasteiger partial charge in [-0.2, -0.15) is 0 Å². The van der Waals surface area contributed by atoms with Crippen LogP contribution in [0.1, 0.15) is 18.4 Å². The number of rotatable bonds is 7. The number of carbonyl (C=O) groups is 1. The summed E-state index contributed by atoms with van der Waals surface area (Å²) in [6.07, 6.45) is 0.955. The molecular weight excluding hydrogens is 366 g/mol. The molecule has 0 radical (unpaired) electrons. The summed E-state index contributed by atoms with van der Waals surface area (Å²) in [5, 5.41) is 13.4. The minimum absolute atomic E-state index is 0.123. The molecule has 5 nitrogen and oxygen atoms in total. The van der Waals surface area contributed by atoms with Gasteiger partial charge < -0.3 is 15.2 Å². The Morgan fingerprint density at radius 2 is 1.82 bits per heavy atom. The summed E-state index contributed by atoms with van der Waals surface area (Å²) in [5.74, 6) is -0.300. The molecule has 150 valence electrons. The van der Waals surface area contributed by atoms with E-state index in [9.17, 15) is 18.7 Å². The number of nitrogens with one attached hydrogen (secondary N) is 1. The van der Waals surface area contributed by atoms with E-state index in [2.05, 4.69) is 5.32 Å². The number of likely N-dealkylation sites (tertiary alicyclic amines) is 1. The van der Waals surface area contributed by atoms with Gasteiger partial charge in [-0.3, -0.25) is 9.69 Å². The molecule has 2 aromatic carbocycles. The number of hydrogen-bond donors (Lipinski definition) is 2. The second kappa shape index (κ2) is 9.12. The highest BCUT2D eigenvalue weighted by Crippen LogP contribution is 2.24. The lowest BCUT2D eigenvalue weighted by Crippen LogP contribution is -2.50. The zero-order valence-electron chi connectivity index (χ0n) is 15.5. The maximum absolute atomic E-state index is 13.2. The van der Waals surface area contributed by atoms with Gasteiger partial charge in [-0.05, 0) is 54.8 Å². The first-order valence-corrected chi connectivity index (χ1v) is 9.26. The first-order valence-electron chi connectivity index (χ1n) is 9.26. The fourth-order valence-electron chi connectivity index (χ4n) is 3.13. The van der Waals surface area contributed by atoms with Crippen LogP contribution in [0.2, 0.25) is 0 Å². The third-order valence-corrected chi connectivity index (χ3v) is 4.85. The third-order valence-electron chi connectivity index (χ3n) is 4.85. The molecule has 28 heavy (non-hydrogen) atoms. The number of carbonyl (C=O) groups excluding carboxylic acids is 1. The van der Waals surface area contributed by atoms with E-state index in [0.29, 0.717) is 37.2 Å². The lowest BCUT2D eigenvalue weighted by molar-refractivity contribution is -0.124. The Bertz CT molecular complexity index is 790.